The van der Waals surface area contributed by atoms with E-state index >= 15 is 0 Å². The molecule has 61 valence electrons. The molecule has 0 unspecified atom stereocenters. The SMILES string of the molecule is O.O.O=P(O)(O)O.[AlH3].[Mn]. The van der Waals surface area contributed by atoms with Crippen molar-refractivity contribution in [2.45, 2.75) is 0 Å². The molecule has 0 saturated heterocycles. The minimum atomic E-state index is -4.64. The molecule has 0 aliphatic carbocycles. The van der Waals surface area contributed by atoms with E-state index < -0.39 is 7.82 Å². The summed E-state index contributed by atoms with van der Waals surface area (Å²) in [6.45, 7) is 0. The van der Waals surface area contributed by atoms with Crippen LogP contribution in [0.3, 0.4) is 0 Å². The van der Waals surface area contributed by atoms with E-state index in [0.29, 0.717) is 0 Å². The van der Waals surface area contributed by atoms with Crippen LogP contribution in [0.15, 0.2) is 0 Å². The smallest absolute Gasteiger partial charge is 0.412 e. The van der Waals surface area contributed by atoms with Crippen LogP contribution in [0.2, 0.25) is 0 Å². The molecule has 1 radical (unpaired) electrons. The van der Waals surface area contributed by atoms with E-state index in [2.05, 4.69) is 0 Å². The zero-order valence-corrected chi connectivity index (χ0v) is 5.65. The average molecular weight is 219 g/mol. The normalized spacial score (nSPS) is 6.56. The summed E-state index contributed by atoms with van der Waals surface area (Å²) in [4.78, 5) is 21.6. The Labute approximate surface area is 72.7 Å². The molecule has 0 bridgehead atoms. The van der Waals surface area contributed by atoms with Gasteiger partial charge in [0.2, 0.25) is 0 Å². The van der Waals surface area contributed by atoms with Gasteiger partial charge in [0, 0.05) is 17.1 Å². The van der Waals surface area contributed by atoms with Gasteiger partial charge in [0.25, 0.3) is 0 Å². The van der Waals surface area contributed by atoms with Gasteiger partial charge in [-0.15, -0.1) is 0 Å². The van der Waals surface area contributed by atoms with Crippen molar-refractivity contribution in [1.29, 1.82) is 0 Å². The van der Waals surface area contributed by atoms with Gasteiger partial charge in [0.05, 0.1) is 0 Å². The zero-order valence-electron chi connectivity index (χ0n) is 3.58. The Morgan fingerprint density at radius 3 is 1.00 bits per heavy atom. The molecule has 0 rings (SSSR count). The summed E-state index contributed by atoms with van der Waals surface area (Å²) < 4.78 is 8.88. The van der Waals surface area contributed by atoms with Gasteiger partial charge in [-0.2, -0.15) is 0 Å². The first-order valence-corrected chi connectivity index (χ1v) is 2.35. The monoisotopic (exact) mass is 219 g/mol. The zero-order chi connectivity index (χ0) is 4.50. The molecular weight excluding hydrogens is 209 g/mol. The van der Waals surface area contributed by atoms with Gasteiger partial charge in [0.15, 0.2) is 17.4 Å². The Morgan fingerprint density at radius 1 is 1.00 bits per heavy atom. The molecule has 0 aromatic rings. The molecule has 0 heterocycles. The second-order valence-electron chi connectivity index (χ2n) is 0.513. The summed E-state index contributed by atoms with van der Waals surface area (Å²) in [5.41, 5.74) is 0. The van der Waals surface area contributed by atoms with Crippen LogP contribution < -0.4 is 0 Å². The number of hydrogen-bond acceptors (Lipinski definition) is 1. The van der Waals surface area contributed by atoms with E-state index in [4.69, 9.17) is 19.2 Å². The molecule has 0 amide bonds. The first-order valence-electron chi connectivity index (χ1n) is 0.783. The number of hydrogen-bond donors (Lipinski definition) is 3. The second-order valence-corrected chi connectivity index (χ2v) is 1.54. The van der Waals surface area contributed by atoms with Crippen LogP contribution in [-0.4, -0.2) is 43.0 Å². The predicted molar refractivity (Wildman–Crippen MR) is 31.4 cm³/mol. The van der Waals surface area contributed by atoms with Crippen molar-refractivity contribution in [2.75, 3.05) is 0 Å². The van der Waals surface area contributed by atoms with Crippen molar-refractivity contribution in [1.82, 2.24) is 0 Å². The summed E-state index contributed by atoms with van der Waals surface area (Å²) in [5.74, 6) is 0. The van der Waals surface area contributed by atoms with Crippen LogP contribution in [0.5, 0.6) is 0 Å². The van der Waals surface area contributed by atoms with Crippen molar-refractivity contribution in [2.24, 2.45) is 0 Å². The fraction of sp³-hybridized carbons (Fsp3) is 0. The minimum absolute atomic E-state index is 0. The molecule has 7 N–H and O–H groups in total. The quantitative estimate of drug-likeness (QED) is 0.284. The Balaban J connectivity index is -0.0000000133. The topological polar surface area (TPSA) is 141 Å². The molecule has 0 atom stereocenters. The van der Waals surface area contributed by atoms with Crippen LogP contribution in [0, 0.1) is 0 Å². The molecule has 0 spiro atoms. The Bertz CT molecular complexity index is 59.2. The Kier molecular flexibility index (Phi) is 42.3. The number of phosphoric acid groups is 1. The standard InChI is InChI=1S/Al.Mn.H3O4P.2H2O.3H/c;;1-5(2,3)4;;;;;/h;;(H3,1,2,3,4);2*1H2;;;. The summed E-state index contributed by atoms with van der Waals surface area (Å²) in [6.07, 6.45) is 0. The molecule has 9 heavy (non-hydrogen) atoms. The largest absolute Gasteiger partial charge is 0.466 e. The van der Waals surface area contributed by atoms with Crippen molar-refractivity contribution >= 4 is 25.2 Å². The third-order valence-electron chi connectivity index (χ3n) is 0. The Hall–Kier alpha value is 1.08. The summed E-state index contributed by atoms with van der Waals surface area (Å²) in [7, 11) is -4.64. The fourth-order valence-electron chi connectivity index (χ4n) is 0. The first-order chi connectivity index (χ1) is 2.00. The van der Waals surface area contributed by atoms with Gasteiger partial charge in [-0.3, -0.25) is 0 Å². The first kappa shape index (κ1) is 32.2. The molecule has 0 aliphatic heterocycles. The third kappa shape index (κ3) is 389. The van der Waals surface area contributed by atoms with Gasteiger partial charge in [-0.25, -0.2) is 4.57 Å². The van der Waals surface area contributed by atoms with Crippen LogP contribution in [-0.2, 0) is 21.6 Å². The third-order valence-corrected chi connectivity index (χ3v) is 0. The number of rotatable bonds is 0. The van der Waals surface area contributed by atoms with Crippen molar-refractivity contribution < 1.29 is 47.3 Å². The maximum atomic E-state index is 8.88. The molecule has 0 aliphatic rings. The molecular formula is H10AlMnO6P. The van der Waals surface area contributed by atoms with Crippen LogP contribution in [0.4, 0.5) is 0 Å². The summed E-state index contributed by atoms with van der Waals surface area (Å²) in [6, 6.07) is 0. The summed E-state index contributed by atoms with van der Waals surface area (Å²) in [5, 5.41) is 0. The van der Waals surface area contributed by atoms with Gasteiger partial charge < -0.3 is 25.6 Å². The van der Waals surface area contributed by atoms with E-state index in [-0.39, 0.29) is 45.4 Å². The molecule has 0 saturated carbocycles. The van der Waals surface area contributed by atoms with Crippen molar-refractivity contribution in [3.63, 3.8) is 0 Å². The average Bonchev–Trinajstić information content (AvgIpc) is 0.722. The second kappa shape index (κ2) is 11.8. The maximum absolute atomic E-state index is 8.88. The minimum Gasteiger partial charge on any atom is -0.412 e. The van der Waals surface area contributed by atoms with Crippen LogP contribution >= 0.6 is 7.82 Å². The van der Waals surface area contributed by atoms with Crippen LogP contribution in [0.25, 0.3) is 0 Å². The molecule has 9 heteroatoms. The van der Waals surface area contributed by atoms with Crippen molar-refractivity contribution in [3.8, 4) is 0 Å². The van der Waals surface area contributed by atoms with E-state index in [1.807, 2.05) is 0 Å². The van der Waals surface area contributed by atoms with E-state index in [0.717, 1.165) is 0 Å². The van der Waals surface area contributed by atoms with Gasteiger partial charge in [-0.1, -0.05) is 0 Å². The maximum Gasteiger partial charge on any atom is 0.466 e. The predicted octanol–water partition coefficient (Wildman–Crippen LogP) is -3.76. The van der Waals surface area contributed by atoms with Gasteiger partial charge >= 0.3 is 7.82 Å². The molecule has 0 fully saturated rings. The van der Waals surface area contributed by atoms with Crippen LogP contribution in [0.1, 0.15) is 0 Å². The Morgan fingerprint density at radius 2 is 1.00 bits per heavy atom. The van der Waals surface area contributed by atoms with E-state index in [1.165, 1.54) is 0 Å². The van der Waals surface area contributed by atoms with E-state index in [1.54, 1.807) is 0 Å². The molecule has 0 aromatic carbocycles. The molecule has 0 aromatic heterocycles. The molecule has 6 nitrogen and oxygen atoms in total. The van der Waals surface area contributed by atoms with Crippen molar-refractivity contribution in [3.05, 3.63) is 0 Å². The van der Waals surface area contributed by atoms with E-state index in [9.17, 15) is 0 Å². The van der Waals surface area contributed by atoms with Gasteiger partial charge in [0.1, 0.15) is 0 Å². The van der Waals surface area contributed by atoms with Gasteiger partial charge in [-0.05, 0) is 0 Å². The fourth-order valence-corrected chi connectivity index (χ4v) is 0. The summed E-state index contributed by atoms with van der Waals surface area (Å²) >= 11 is 0.